The van der Waals surface area contributed by atoms with Gasteiger partial charge in [-0.15, -0.1) is 0 Å². The Balaban J connectivity index is 1.68. The lowest BCUT2D eigenvalue weighted by Crippen LogP contribution is -2.69. The van der Waals surface area contributed by atoms with Crippen LogP contribution in [0.1, 0.15) is 40.5 Å². The van der Waals surface area contributed by atoms with Gasteiger partial charge in [0.05, 0.1) is 6.54 Å². The van der Waals surface area contributed by atoms with Gasteiger partial charge in [0.2, 0.25) is 0 Å². The van der Waals surface area contributed by atoms with Crippen molar-refractivity contribution in [3.8, 4) is 0 Å². The summed E-state index contributed by atoms with van der Waals surface area (Å²) in [7, 11) is 0. The van der Waals surface area contributed by atoms with Crippen molar-refractivity contribution in [1.29, 1.82) is 0 Å². The van der Waals surface area contributed by atoms with Crippen LogP contribution >= 0.6 is 0 Å². The van der Waals surface area contributed by atoms with Gasteiger partial charge < -0.3 is 5.32 Å². The van der Waals surface area contributed by atoms with Gasteiger partial charge in [0.25, 0.3) is 5.92 Å². The van der Waals surface area contributed by atoms with Crippen molar-refractivity contribution in [2.45, 2.75) is 58.0 Å². The molecule has 1 heterocycles. The fourth-order valence-electron chi connectivity index (χ4n) is 2.95. The second-order valence-electron chi connectivity index (χ2n) is 7.08. The molecular weight excluding hydrogens is 222 g/mol. The van der Waals surface area contributed by atoms with Crippen molar-refractivity contribution >= 4 is 0 Å². The van der Waals surface area contributed by atoms with E-state index in [1.54, 1.807) is 0 Å². The quantitative estimate of drug-likeness (QED) is 0.823. The van der Waals surface area contributed by atoms with Gasteiger partial charge >= 0.3 is 0 Å². The Kier molecular flexibility index (Phi) is 3.02. The summed E-state index contributed by atoms with van der Waals surface area (Å²) in [5.74, 6) is -2.58. The van der Waals surface area contributed by atoms with Gasteiger partial charge in [-0.2, -0.15) is 0 Å². The molecule has 1 aliphatic heterocycles. The molecule has 2 fully saturated rings. The van der Waals surface area contributed by atoms with E-state index in [-0.39, 0.29) is 12.1 Å². The Morgan fingerprint density at radius 3 is 2.12 bits per heavy atom. The molecule has 0 bridgehead atoms. The third-order valence-corrected chi connectivity index (χ3v) is 4.06. The van der Waals surface area contributed by atoms with E-state index in [1.165, 1.54) is 0 Å². The van der Waals surface area contributed by atoms with E-state index in [1.807, 2.05) is 0 Å². The zero-order valence-corrected chi connectivity index (χ0v) is 11.3. The highest BCUT2D eigenvalue weighted by Crippen LogP contribution is 2.50. The van der Waals surface area contributed by atoms with Crippen LogP contribution in [0.25, 0.3) is 0 Å². The zero-order valence-electron chi connectivity index (χ0n) is 11.3. The lowest BCUT2D eigenvalue weighted by molar-refractivity contribution is -0.120. The number of likely N-dealkylation sites (tertiary alicyclic amines) is 1. The van der Waals surface area contributed by atoms with Gasteiger partial charge in [-0.3, -0.25) is 4.90 Å². The first-order valence-corrected chi connectivity index (χ1v) is 6.46. The van der Waals surface area contributed by atoms with Crippen molar-refractivity contribution in [2.75, 3.05) is 19.6 Å². The Hall–Kier alpha value is -0.220. The number of hydrogen-bond acceptors (Lipinski definition) is 2. The average Bonchev–Trinajstić information content (AvgIpc) is 1.92. The Morgan fingerprint density at radius 1 is 1.18 bits per heavy atom. The van der Waals surface area contributed by atoms with Crippen LogP contribution in [0, 0.1) is 5.41 Å². The smallest absolute Gasteiger partial charge is 0.257 e. The van der Waals surface area contributed by atoms with Crippen LogP contribution in [0.15, 0.2) is 0 Å². The minimum atomic E-state index is -2.58. The topological polar surface area (TPSA) is 15.3 Å². The van der Waals surface area contributed by atoms with Crippen LogP contribution in [-0.4, -0.2) is 42.0 Å². The highest BCUT2D eigenvalue weighted by molar-refractivity contribution is 5.09. The molecule has 0 aromatic heterocycles. The van der Waals surface area contributed by atoms with Crippen molar-refractivity contribution in [2.24, 2.45) is 5.41 Å². The Morgan fingerprint density at radius 2 is 1.71 bits per heavy atom. The molecule has 1 saturated carbocycles. The molecule has 1 aliphatic carbocycles. The van der Waals surface area contributed by atoms with Gasteiger partial charge in [0, 0.05) is 31.6 Å². The molecule has 1 N–H and O–H groups in total. The summed E-state index contributed by atoms with van der Waals surface area (Å²) < 4.78 is 25.4. The van der Waals surface area contributed by atoms with Gasteiger partial charge in [-0.25, -0.2) is 8.78 Å². The first-order valence-electron chi connectivity index (χ1n) is 6.46. The molecule has 100 valence electrons. The standard InChI is InChI=1S/C13H24F2N2/c1-11(2,3)17-8-13(9-17)5-10(6-13)16-7-12(4,14)15/h10,16H,5-9H2,1-4H3. The summed E-state index contributed by atoms with van der Waals surface area (Å²) in [4.78, 5) is 2.47. The maximum Gasteiger partial charge on any atom is 0.257 e. The normalized spacial score (nSPS) is 25.8. The Bertz CT molecular complexity index is 277. The molecule has 0 amide bonds. The van der Waals surface area contributed by atoms with Crippen LogP contribution < -0.4 is 5.32 Å². The number of alkyl halides is 2. The van der Waals surface area contributed by atoms with Gasteiger partial charge in [0.15, 0.2) is 0 Å². The molecule has 1 saturated heterocycles. The number of nitrogens with one attached hydrogen (secondary N) is 1. The van der Waals surface area contributed by atoms with Crippen molar-refractivity contribution in [3.05, 3.63) is 0 Å². The lowest BCUT2D eigenvalue weighted by Gasteiger charge is -2.63. The lowest BCUT2D eigenvalue weighted by atomic mass is 9.59. The third kappa shape index (κ3) is 2.97. The minimum absolute atomic E-state index is 0.184. The van der Waals surface area contributed by atoms with Crippen molar-refractivity contribution < 1.29 is 8.78 Å². The summed E-state index contributed by atoms with van der Waals surface area (Å²) in [5.41, 5.74) is 0.689. The zero-order chi connectivity index (χ0) is 12.9. The van der Waals surface area contributed by atoms with Gasteiger partial charge in [0.1, 0.15) is 0 Å². The summed E-state index contributed by atoms with van der Waals surface area (Å²) in [5, 5.41) is 2.97. The molecule has 2 nitrogen and oxygen atoms in total. The largest absolute Gasteiger partial charge is 0.308 e. The third-order valence-electron chi connectivity index (χ3n) is 4.06. The number of hydrogen-bond donors (Lipinski definition) is 1. The maximum atomic E-state index is 12.7. The van der Waals surface area contributed by atoms with Crippen molar-refractivity contribution in [3.63, 3.8) is 0 Å². The molecule has 0 aromatic carbocycles. The molecule has 0 atom stereocenters. The highest BCUT2D eigenvalue weighted by Gasteiger charge is 2.54. The van der Waals surface area contributed by atoms with E-state index in [2.05, 4.69) is 31.0 Å². The van der Waals surface area contributed by atoms with E-state index < -0.39 is 5.92 Å². The summed E-state index contributed by atoms with van der Waals surface area (Å²) >= 11 is 0. The summed E-state index contributed by atoms with van der Waals surface area (Å²) in [6, 6.07) is 0.308. The molecule has 17 heavy (non-hydrogen) atoms. The number of rotatable bonds is 3. The average molecular weight is 246 g/mol. The summed E-state index contributed by atoms with van der Waals surface area (Å²) in [6.45, 7) is 9.74. The van der Waals surface area contributed by atoms with E-state index in [4.69, 9.17) is 0 Å². The van der Waals surface area contributed by atoms with E-state index in [9.17, 15) is 8.78 Å². The van der Waals surface area contributed by atoms with Crippen molar-refractivity contribution in [1.82, 2.24) is 10.2 Å². The van der Waals surface area contributed by atoms with E-state index in [0.717, 1.165) is 32.9 Å². The first-order chi connectivity index (χ1) is 7.60. The van der Waals surface area contributed by atoms with Gasteiger partial charge in [-0.1, -0.05) is 0 Å². The second-order valence-corrected chi connectivity index (χ2v) is 7.08. The van der Waals surface area contributed by atoms with Crippen LogP contribution in [-0.2, 0) is 0 Å². The molecule has 4 heteroatoms. The SMILES string of the molecule is CC(F)(F)CNC1CC2(C1)CN(C(C)(C)C)C2. The second kappa shape index (κ2) is 3.89. The summed E-state index contributed by atoms with van der Waals surface area (Å²) in [6.07, 6.45) is 2.13. The molecule has 2 aliphatic rings. The molecular formula is C13H24F2N2. The van der Waals surface area contributed by atoms with Crippen LogP contribution in [0.3, 0.4) is 0 Å². The predicted molar refractivity (Wildman–Crippen MR) is 65.4 cm³/mol. The van der Waals surface area contributed by atoms with Crippen LogP contribution in [0.2, 0.25) is 0 Å². The molecule has 2 rings (SSSR count). The highest BCUT2D eigenvalue weighted by atomic mass is 19.3. The maximum absolute atomic E-state index is 12.7. The van der Waals surface area contributed by atoms with Gasteiger partial charge in [-0.05, 0) is 39.0 Å². The molecule has 0 unspecified atom stereocenters. The molecule has 1 spiro atoms. The Labute approximate surface area is 103 Å². The van der Waals surface area contributed by atoms with E-state index >= 15 is 0 Å². The first kappa shape index (κ1) is 13.2. The van der Waals surface area contributed by atoms with E-state index in [0.29, 0.717) is 11.5 Å². The molecule has 0 radical (unpaired) electrons. The fraction of sp³-hybridized carbons (Fsp3) is 1.00. The fourth-order valence-corrected chi connectivity index (χ4v) is 2.95. The number of halogens is 2. The minimum Gasteiger partial charge on any atom is -0.308 e. The number of nitrogens with zero attached hydrogens (tertiary/aromatic N) is 1. The molecule has 0 aromatic rings. The predicted octanol–water partition coefficient (Wildman–Crippen LogP) is 2.49. The monoisotopic (exact) mass is 246 g/mol. The van der Waals surface area contributed by atoms with Crippen LogP contribution in [0.4, 0.5) is 8.78 Å². The van der Waals surface area contributed by atoms with Crippen LogP contribution in [0.5, 0.6) is 0 Å².